The van der Waals surface area contributed by atoms with Crippen LogP contribution in [0.4, 0.5) is 0 Å². The third-order valence-corrected chi connectivity index (χ3v) is 16.3. The van der Waals surface area contributed by atoms with Gasteiger partial charge in [0.2, 0.25) is 0 Å². The van der Waals surface area contributed by atoms with Crippen LogP contribution in [-0.2, 0) is 10.8 Å². The summed E-state index contributed by atoms with van der Waals surface area (Å²) in [4.78, 5) is 4.75. The molecule has 0 fully saturated rings. The number of hydrogen-bond acceptors (Lipinski definition) is 2. The zero-order valence-electron chi connectivity index (χ0n) is 76.7. The van der Waals surface area contributed by atoms with Crippen LogP contribution < -0.4 is 9.30 Å². The fourth-order valence-corrected chi connectivity index (χ4v) is 11.6. The van der Waals surface area contributed by atoms with Crippen LogP contribution in [0.15, 0.2) is 297 Å². The maximum Gasteiger partial charge on any atom is 0.269 e. The second kappa shape index (κ2) is 23.3. The van der Waals surface area contributed by atoms with Crippen LogP contribution in [0.1, 0.15) is 93.9 Å². The van der Waals surface area contributed by atoms with Gasteiger partial charge < -0.3 is 4.74 Å². The van der Waals surface area contributed by atoms with E-state index in [0.717, 1.165) is 22.1 Å². The summed E-state index contributed by atoms with van der Waals surface area (Å²) in [7, 11) is 0. The molecule has 5 nitrogen and oxygen atoms in total. The van der Waals surface area contributed by atoms with Crippen molar-refractivity contribution in [2.24, 2.45) is 0 Å². The fraction of sp³-hybridized carbons (Fsp3) is 0.103. The van der Waals surface area contributed by atoms with Crippen LogP contribution in [0.2, 0.25) is 0 Å². The van der Waals surface area contributed by atoms with Gasteiger partial charge in [0, 0.05) is 32.7 Å². The normalized spacial score (nSPS) is 16.0. The summed E-state index contributed by atoms with van der Waals surface area (Å²) in [6.07, 6.45) is 4.82. The van der Waals surface area contributed by atoms with Gasteiger partial charge in [0.25, 0.3) is 6.33 Å². The van der Waals surface area contributed by atoms with Gasteiger partial charge in [0.15, 0.2) is 0 Å². The van der Waals surface area contributed by atoms with Crippen molar-refractivity contribution in [3.63, 3.8) is 0 Å². The second-order valence-electron chi connectivity index (χ2n) is 24.3. The summed E-state index contributed by atoms with van der Waals surface area (Å²) in [6, 6.07) is 26.9. The summed E-state index contributed by atoms with van der Waals surface area (Å²) in [5.74, 6) is 0.663. The molecule has 0 bridgehead atoms. The molecule has 0 spiro atoms. The predicted molar refractivity (Wildman–Crippen MR) is 382 cm³/mol. The van der Waals surface area contributed by atoms with Crippen molar-refractivity contribution in [2.45, 2.75) is 59.2 Å². The van der Waals surface area contributed by atoms with E-state index in [0.29, 0.717) is 44.3 Å². The van der Waals surface area contributed by atoms with Crippen LogP contribution in [0.3, 0.4) is 0 Å². The van der Waals surface area contributed by atoms with Crippen molar-refractivity contribution < 1.29 is 44.9 Å². The Hall–Kier alpha value is -11.1. The maximum atomic E-state index is 10.7. The number of aryl methyl sites for hydroxylation is 1. The number of rotatable bonds is 12. The Bertz CT molecular complexity index is 6620. The van der Waals surface area contributed by atoms with E-state index in [1.165, 1.54) is 18.3 Å². The molecule has 15 aromatic rings. The Morgan fingerprint density at radius 1 is 0.424 bits per heavy atom. The number of benzene rings is 12. The molecule has 92 heavy (non-hydrogen) atoms. The zero-order chi connectivity index (χ0) is 85.2. The molecule has 3 aromatic heterocycles. The van der Waals surface area contributed by atoms with Crippen LogP contribution in [-0.4, -0.2) is 14.1 Å². The van der Waals surface area contributed by atoms with E-state index < -0.39 is 179 Å². The number of para-hydroxylation sites is 1. The standard InChI is InChI=1S/C87H70N4O/c1-58-46-84(88-56-79(58)63-30-18-11-19-31-63)91-80-37-21-20-36-75(80)76-44-43-74(55-82(76)91)92-73-35-23-34-72(54-73)89-57-90(81-45-40-64(53-83(81)89)62-38-41-70(42-39-62)86(2,3)4)85-77(65-32-22-33-71(50-65)87(5,6)7)51-68(61-28-16-10-17-29-61)52-78(85)69-48-66(59-24-12-8-13-25-59)47-67(49-69)60-26-14-9-15-27-60/h8-56H,1-7H3/i1D3,8D,9D,10D,11D,12D,13D,14D,15D,16D,17D,18D,19D,24D,25D,26D,27D,28D,29D,30D,31D,47D,48D,49D. The first kappa shape index (κ1) is 35.3. The van der Waals surface area contributed by atoms with Crippen LogP contribution in [0.5, 0.6) is 11.5 Å². The largest absolute Gasteiger partial charge is 0.458 e. The molecule has 5 heteroatoms. The van der Waals surface area contributed by atoms with Crippen LogP contribution >= 0.6 is 0 Å². The molecule has 0 amide bonds. The molecule has 0 radical (unpaired) electrons. The number of nitrogens with zero attached hydrogens (tertiary/aromatic N) is 4. The number of fused-ring (bicyclic) bond motifs is 4. The zero-order valence-corrected chi connectivity index (χ0v) is 50.7. The van der Waals surface area contributed by atoms with E-state index in [4.69, 9.17) is 33.0 Å². The lowest BCUT2D eigenvalue weighted by molar-refractivity contribution is -0.571. The number of pyridine rings is 1. The molecule has 0 N–H and O–H groups in total. The van der Waals surface area contributed by atoms with Gasteiger partial charge in [-0.3, -0.25) is 13.7 Å². The van der Waals surface area contributed by atoms with Crippen molar-refractivity contribution in [1.82, 2.24) is 14.1 Å². The first-order chi connectivity index (χ1) is 55.5. The Kier molecular flexibility index (Phi) is 8.96. The molecule has 0 saturated heterocycles. The first-order valence-electron chi connectivity index (χ1n) is 42.7. The number of imidazole rings is 1. The molecule has 12 aromatic carbocycles. The third kappa shape index (κ3) is 11.0. The van der Waals surface area contributed by atoms with Crippen molar-refractivity contribution in [2.75, 3.05) is 0 Å². The Morgan fingerprint density at radius 2 is 1.01 bits per heavy atom. The van der Waals surface area contributed by atoms with E-state index in [2.05, 4.69) is 27.1 Å². The minimum atomic E-state index is -2.89. The molecule has 0 aliphatic rings. The Labute approximate surface area is 576 Å². The summed E-state index contributed by atoms with van der Waals surface area (Å²) in [6.45, 7) is 9.37. The number of hydrogen-bond donors (Lipinski definition) is 0. The summed E-state index contributed by atoms with van der Waals surface area (Å²) in [5, 5.41) is 1.45. The lowest BCUT2D eigenvalue weighted by atomic mass is 9.84. The van der Waals surface area contributed by atoms with E-state index in [-0.39, 0.29) is 67.4 Å². The van der Waals surface area contributed by atoms with Gasteiger partial charge in [-0.25, -0.2) is 4.98 Å². The minimum absolute atomic E-state index is 0.0345. The molecular weight excluding hydrogens is 1120 g/mol. The van der Waals surface area contributed by atoms with E-state index in [1.54, 1.807) is 74.4 Å². The third-order valence-electron chi connectivity index (χ3n) is 16.3. The van der Waals surface area contributed by atoms with Gasteiger partial charge in [-0.1, -0.05) is 247 Å². The molecular formula is C87H70N4O. The number of ether oxygens (including phenoxy) is 1. The van der Waals surface area contributed by atoms with Gasteiger partial charge >= 0.3 is 0 Å². The molecule has 3 heterocycles. The topological polar surface area (TPSA) is 35.9 Å². The van der Waals surface area contributed by atoms with Crippen LogP contribution in [0, 0.1) is 13.2 Å². The van der Waals surface area contributed by atoms with E-state index in [1.807, 2.05) is 99.6 Å². The lowest BCUT2D eigenvalue weighted by Crippen LogP contribution is -2.31. The Morgan fingerprint density at radius 3 is 1.67 bits per heavy atom. The molecule has 444 valence electrons. The van der Waals surface area contributed by atoms with Gasteiger partial charge in [0.05, 0.1) is 65.0 Å². The van der Waals surface area contributed by atoms with E-state index in [9.17, 15) is 12.3 Å². The van der Waals surface area contributed by atoms with Gasteiger partial charge in [-0.15, -0.1) is 0 Å². The number of aromatic nitrogens is 4. The molecule has 0 saturated carbocycles. The highest BCUT2D eigenvalue weighted by Gasteiger charge is 2.25. The average molecular weight is 1210 g/mol. The van der Waals surface area contributed by atoms with Gasteiger partial charge in [0.1, 0.15) is 17.3 Å². The monoisotopic (exact) mass is 1210 g/mol. The second-order valence-corrected chi connectivity index (χ2v) is 24.3. The molecule has 0 unspecified atom stereocenters. The smallest absolute Gasteiger partial charge is 0.269 e. The summed E-state index contributed by atoms with van der Waals surface area (Å²) >= 11 is 0. The predicted octanol–water partition coefficient (Wildman–Crippen LogP) is 22.6. The highest BCUT2D eigenvalue weighted by Crippen LogP contribution is 2.44. The first-order valence-corrected chi connectivity index (χ1v) is 29.7. The van der Waals surface area contributed by atoms with Gasteiger partial charge in [-0.05, 0) is 185 Å². The van der Waals surface area contributed by atoms with Gasteiger partial charge in [-0.2, -0.15) is 0 Å². The molecule has 15 rings (SSSR count). The van der Waals surface area contributed by atoms with Crippen molar-refractivity contribution in [3.8, 4) is 107 Å². The Balaban J connectivity index is 1.03. The average Bonchev–Trinajstić information content (AvgIpc) is 0.934. The van der Waals surface area contributed by atoms with E-state index >= 15 is 0 Å². The molecule has 0 aliphatic carbocycles. The van der Waals surface area contributed by atoms with Crippen molar-refractivity contribution in [3.05, 3.63) is 320 Å². The SMILES string of the molecule is [2H]c1c([2H])c([2H])c(-c2cc(-c3cccc(C(C)(C)C)c3)c(-[n+]3[c-]n(-c4cccc(Oc5ccc6c7ccccc7n(-c7cc(C([2H])([2H])[2H])c(-c8c([2H])c([2H])c([2H])c([2H])c8[2H])cn7)c6c5)c4)c4cc(-c5ccc(C(C)(C)C)cc5)ccc43)c(-c3c([2H])c(-c4c([2H])c([2H])c([2H])c([2H])c4[2H])c([2H])c(-c4c([2H])c([2H])c([2H])c([2H])c4[2H])c3[2H])c2)c([2H])c1[2H]. The highest BCUT2D eigenvalue weighted by atomic mass is 16.5. The molecule has 0 aliphatic heterocycles. The van der Waals surface area contributed by atoms with Crippen molar-refractivity contribution in [1.29, 1.82) is 0 Å². The summed E-state index contributed by atoms with van der Waals surface area (Å²) < 4.78 is 249. The van der Waals surface area contributed by atoms with Crippen molar-refractivity contribution >= 4 is 32.8 Å². The maximum absolute atomic E-state index is 10.7. The molecule has 0 atom stereocenters. The quantitative estimate of drug-likeness (QED) is 0.0903. The summed E-state index contributed by atoms with van der Waals surface area (Å²) in [5.41, 5.74) is 0.566. The fourth-order valence-electron chi connectivity index (χ4n) is 11.6. The lowest BCUT2D eigenvalue weighted by Gasteiger charge is -2.23. The minimum Gasteiger partial charge on any atom is -0.458 e. The van der Waals surface area contributed by atoms with Crippen LogP contribution in [0.25, 0.3) is 128 Å². The highest BCUT2D eigenvalue weighted by molar-refractivity contribution is 6.09.